The van der Waals surface area contributed by atoms with Gasteiger partial charge >= 0.3 is 6.18 Å². The number of nitrogens with one attached hydrogen (secondary N) is 1. The van der Waals surface area contributed by atoms with Crippen LogP contribution in [0.25, 0.3) is 11.1 Å². The van der Waals surface area contributed by atoms with E-state index < -0.39 is 11.7 Å². The van der Waals surface area contributed by atoms with Gasteiger partial charge in [0.15, 0.2) is 5.58 Å². The predicted octanol–water partition coefficient (Wildman–Crippen LogP) is 5.32. The summed E-state index contributed by atoms with van der Waals surface area (Å²) in [6.45, 7) is 4.14. The summed E-state index contributed by atoms with van der Waals surface area (Å²) in [5.41, 5.74) is 1.67. The van der Waals surface area contributed by atoms with Crippen molar-refractivity contribution in [1.82, 2.24) is 9.88 Å². The number of alkyl halides is 3. The third-order valence-corrected chi connectivity index (χ3v) is 5.27. The molecule has 0 saturated carbocycles. The van der Waals surface area contributed by atoms with Crippen LogP contribution in [0, 0.1) is 0 Å². The molecule has 0 aliphatic carbocycles. The molecule has 8 heteroatoms. The molecule has 1 N–H and O–H groups in total. The van der Waals surface area contributed by atoms with Crippen molar-refractivity contribution in [3.05, 3.63) is 53.6 Å². The zero-order chi connectivity index (χ0) is 21.1. The highest BCUT2D eigenvalue weighted by Crippen LogP contribution is 2.37. The number of likely N-dealkylation sites (tertiary alicyclic amines) is 1. The number of anilines is 1. The highest BCUT2D eigenvalue weighted by atomic mass is 19.4. The topological polar surface area (TPSA) is 50.5 Å². The fraction of sp³-hybridized carbons (Fsp3) is 0.409. The summed E-state index contributed by atoms with van der Waals surface area (Å²) in [5, 5.41) is 3.36. The Morgan fingerprint density at radius 1 is 1.17 bits per heavy atom. The van der Waals surface area contributed by atoms with Crippen LogP contribution in [-0.4, -0.2) is 35.6 Å². The molecule has 1 saturated heterocycles. The van der Waals surface area contributed by atoms with Gasteiger partial charge in [-0.1, -0.05) is 18.2 Å². The number of halogens is 3. The van der Waals surface area contributed by atoms with E-state index in [-0.39, 0.29) is 18.4 Å². The molecule has 1 fully saturated rings. The molecule has 3 aromatic rings. The summed E-state index contributed by atoms with van der Waals surface area (Å²) >= 11 is 0. The fourth-order valence-electron chi connectivity index (χ4n) is 3.78. The van der Waals surface area contributed by atoms with Gasteiger partial charge in [-0.15, -0.1) is 0 Å². The first kappa shape index (κ1) is 20.5. The number of hydrogen-bond donors (Lipinski definition) is 1. The first-order valence-corrected chi connectivity index (χ1v) is 10.1. The normalized spacial score (nSPS) is 16.1. The van der Waals surface area contributed by atoms with Crippen molar-refractivity contribution in [2.45, 2.75) is 38.5 Å². The van der Waals surface area contributed by atoms with E-state index in [1.807, 2.05) is 24.3 Å². The lowest BCUT2D eigenvalue weighted by atomic mass is 10.0. The quantitative estimate of drug-likeness (QED) is 0.586. The molecule has 0 radical (unpaired) electrons. The van der Waals surface area contributed by atoms with Crippen molar-refractivity contribution >= 4 is 17.1 Å². The van der Waals surface area contributed by atoms with Gasteiger partial charge in [-0.2, -0.15) is 18.2 Å². The Bertz CT molecular complexity index is 962. The van der Waals surface area contributed by atoms with E-state index >= 15 is 0 Å². The Morgan fingerprint density at radius 3 is 2.63 bits per heavy atom. The van der Waals surface area contributed by atoms with Gasteiger partial charge in [-0.05, 0) is 49.6 Å². The van der Waals surface area contributed by atoms with Gasteiger partial charge in [-0.3, -0.25) is 4.90 Å². The summed E-state index contributed by atoms with van der Waals surface area (Å²) in [4.78, 5) is 6.69. The van der Waals surface area contributed by atoms with Gasteiger partial charge in [0.05, 0.1) is 12.2 Å². The maximum atomic E-state index is 13.1. The molecule has 1 aliphatic rings. The smallest absolute Gasteiger partial charge is 0.419 e. The van der Waals surface area contributed by atoms with Crippen LogP contribution in [0.2, 0.25) is 0 Å². The van der Waals surface area contributed by atoms with Crippen molar-refractivity contribution in [1.29, 1.82) is 0 Å². The molecule has 2 heterocycles. The average Bonchev–Trinajstić information content (AvgIpc) is 3.11. The van der Waals surface area contributed by atoms with Crippen LogP contribution in [0.5, 0.6) is 5.75 Å². The minimum Gasteiger partial charge on any atom is -0.493 e. The number of hydrogen-bond acceptors (Lipinski definition) is 5. The lowest BCUT2D eigenvalue weighted by Crippen LogP contribution is -2.38. The highest BCUT2D eigenvalue weighted by molar-refractivity contribution is 5.74. The van der Waals surface area contributed by atoms with E-state index in [1.165, 1.54) is 12.1 Å². The molecule has 0 amide bonds. The first-order valence-electron chi connectivity index (χ1n) is 10.1. The number of oxazole rings is 1. The Kier molecular flexibility index (Phi) is 5.85. The Balaban J connectivity index is 1.34. The van der Waals surface area contributed by atoms with Crippen LogP contribution >= 0.6 is 0 Å². The van der Waals surface area contributed by atoms with E-state index in [2.05, 4.69) is 15.2 Å². The molecule has 4 rings (SSSR count). The van der Waals surface area contributed by atoms with Crippen LogP contribution < -0.4 is 10.1 Å². The van der Waals surface area contributed by atoms with E-state index in [1.54, 1.807) is 6.92 Å². The van der Waals surface area contributed by atoms with Crippen molar-refractivity contribution in [2.75, 3.05) is 25.0 Å². The molecule has 1 aliphatic heterocycles. The minimum atomic E-state index is -4.42. The second-order valence-corrected chi connectivity index (χ2v) is 7.44. The number of rotatable bonds is 6. The highest BCUT2D eigenvalue weighted by Gasteiger charge is 2.34. The van der Waals surface area contributed by atoms with Gasteiger partial charge in [0.2, 0.25) is 0 Å². The number of fused-ring (bicyclic) bond motifs is 1. The van der Waals surface area contributed by atoms with Gasteiger partial charge in [0, 0.05) is 25.7 Å². The van der Waals surface area contributed by atoms with E-state index in [0.717, 1.165) is 48.7 Å². The summed E-state index contributed by atoms with van der Waals surface area (Å²) < 4.78 is 50.4. The number of nitrogens with zero attached hydrogens (tertiary/aromatic N) is 2. The van der Waals surface area contributed by atoms with Gasteiger partial charge in [0.25, 0.3) is 6.01 Å². The van der Waals surface area contributed by atoms with Crippen molar-refractivity contribution in [3.63, 3.8) is 0 Å². The molecule has 0 unspecified atom stereocenters. The maximum Gasteiger partial charge on any atom is 0.419 e. The third kappa shape index (κ3) is 4.70. The second kappa shape index (κ2) is 8.55. The first-order chi connectivity index (χ1) is 14.4. The predicted molar refractivity (Wildman–Crippen MR) is 109 cm³/mol. The Hall–Kier alpha value is -2.74. The van der Waals surface area contributed by atoms with Gasteiger partial charge < -0.3 is 14.5 Å². The van der Waals surface area contributed by atoms with Crippen molar-refractivity contribution in [3.8, 4) is 5.75 Å². The van der Waals surface area contributed by atoms with Crippen molar-refractivity contribution < 1.29 is 22.3 Å². The molecule has 160 valence electrons. The lowest BCUT2D eigenvalue weighted by molar-refractivity contribution is -0.138. The molecule has 0 bridgehead atoms. The summed E-state index contributed by atoms with van der Waals surface area (Å²) in [6, 6.07) is 12.6. The van der Waals surface area contributed by atoms with Crippen LogP contribution in [0.3, 0.4) is 0 Å². The number of piperidine rings is 1. The lowest BCUT2D eigenvalue weighted by Gasteiger charge is -2.32. The average molecular weight is 419 g/mol. The van der Waals surface area contributed by atoms with Gasteiger partial charge in [-0.25, -0.2) is 0 Å². The molecular formula is C22H24F3N3O2. The zero-order valence-electron chi connectivity index (χ0n) is 16.7. The largest absolute Gasteiger partial charge is 0.493 e. The standard InChI is InChI=1S/C22H24F3N3O2/c1-2-29-20-13-15(7-8-17(20)22(23,24)25)14-28-11-9-16(10-12-28)26-21-27-18-5-3-4-6-19(18)30-21/h3-8,13,16H,2,9-12,14H2,1H3,(H,26,27). The second-order valence-electron chi connectivity index (χ2n) is 7.44. The Labute approximate surface area is 172 Å². The van der Waals surface area contributed by atoms with Gasteiger partial charge in [0.1, 0.15) is 11.3 Å². The number of para-hydroxylation sites is 2. The summed E-state index contributed by atoms with van der Waals surface area (Å²) in [5.74, 6) is -0.102. The SMILES string of the molecule is CCOc1cc(CN2CCC(Nc3nc4ccccc4o3)CC2)ccc1C(F)(F)F. The molecule has 1 aromatic heterocycles. The number of benzene rings is 2. The number of aromatic nitrogens is 1. The monoisotopic (exact) mass is 419 g/mol. The molecular weight excluding hydrogens is 395 g/mol. The molecule has 30 heavy (non-hydrogen) atoms. The van der Waals surface area contributed by atoms with E-state index in [4.69, 9.17) is 9.15 Å². The zero-order valence-corrected chi connectivity index (χ0v) is 16.7. The van der Waals surface area contributed by atoms with E-state index in [9.17, 15) is 13.2 Å². The maximum absolute atomic E-state index is 13.1. The summed E-state index contributed by atoms with van der Waals surface area (Å²) in [7, 11) is 0. The summed E-state index contributed by atoms with van der Waals surface area (Å²) in [6.07, 6.45) is -2.62. The van der Waals surface area contributed by atoms with Crippen LogP contribution in [0.15, 0.2) is 46.9 Å². The van der Waals surface area contributed by atoms with Crippen LogP contribution in [0.1, 0.15) is 30.9 Å². The molecule has 5 nitrogen and oxygen atoms in total. The molecule has 0 atom stereocenters. The molecule has 2 aromatic carbocycles. The number of ether oxygens (including phenoxy) is 1. The van der Waals surface area contributed by atoms with Crippen LogP contribution in [0.4, 0.5) is 19.2 Å². The Morgan fingerprint density at radius 2 is 1.93 bits per heavy atom. The fourth-order valence-corrected chi connectivity index (χ4v) is 3.78. The molecule has 0 spiro atoms. The van der Waals surface area contributed by atoms with Crippen LogP contribution in [-0.2, 0) is 12.7 Å². The third-order valence-electron chi connectivity index (χ3n) is 5.27. The van der Waals surface area contributed by atoms with Crippen molar-refractivity contribution in [2.24, 2.45) is 0 Å². The van der Waals surface area contributed by atoms with E-state index in [0.29, 0.717) is 12.6 Å². The minimum absolute atomic E-state index is 0.102.